The van der Waals surface area contributed by atoms with Crippen LogP contribution in [0.3, 0.4) is 0 Å². The van der Waals surface area contributed by atoms with Crippen molar-refractivity contribution in [2.45, 2.75) is 13.8 Å². The van der Waals surface area contributed by atoms with Crippen molar-refractivity contribution in [2.75, 3.05) is 0 Å². The highest BCUT2D eigenvalue weighted by Gasteiger charge is 2.07. The number of nitrogens with one attached hydrogen (secondary N) is 1. The van der Waals surface area contributed by atoms with Crippen molar-refractivity contribution in [2.24, 2.45) is 5.73 Å². The summed E-state index contributed by atoms with van der Waals surface area (Å²) in [6.45, 7) is 7.51. The maximum atomic E-state index is 13.1. The van der Waals surface area contributed by atoms with Gasteiger partial charge in [-0.3, -0.25) is 0 Å². The number of nitrogens with two attached hydrogens (primary N) is 1. The molecule has 0 atom stereocenters. The van der Waals surface area contributed by atoms with E-state index in [1.54, 1.807) is 0 Å². The van der Waals surface area contributed by atoms with Crippen LogP contribution in [0.5, 0.6) is 0 Å². The number of thiocarbonyl (C=S) groups is 1. The monoisotopic (exact) mass is 244 g/mol. The second-order valence-corrected chi connectivity index (χ2v) is 3.03. The molecular formula is C11H14F2N2S. The van der Waals surface area contributed by atoms with Crippen LogP contribution in [-0.2, 0) is 0 Å². The molecule has 0 amide bonds. The van der Waals surface area contributed by atoms with Gasteiger partial charge >= 0.3 is 0 Å². The molecule has 88 valence electrons. The fourth-order valence-corrected chi connectivity index (χ4v) is 1.07. The van der Waals surface area contributed by atoms with E-state index in [9.17, 15) is 8.78 Å². The fourth-order valence-electron chi connectivity index (χ4n) is 0.950. The Morgan fingerprint density at radius 2 is 1.94 bits per heavy atom. The first-order valence-electron chi connectivity index (χ1n) is 4.71. The summed E-state index contributed by atoms with van der Waals surface area (Å²) < 4.78 is 25.7. The first kappa shape index (κ1) is 14.5. The second kappa shape index (κ2) is 6.90. The molecule has 0 bridgehead atoms. The Kier molecular flexibility index (Phi) is 6.25. The van der Waals surface area contributed by atoms with Crippen molar-refractivity contribution < 1.29 is 8.78 Å². The van der Waals surface area contributed by atoms with Gasteiger partial charge in [0.15, 0.2) is 5.11 Å². The lowest BCUT2D eigenvalue weighted by atomic mass is 10.1. The molecule has 3 N–H and O–H groups in total. The highest BCUT2D eigenvalue weighted by atomic mass is 32.1. The first-order valence-corrected chi connectivity index (χ1v) is 5.12. The zero-order chi connectivity index (χ0) is 12.7. The quantitative estimate of drug-likeness (QED) is 0.786. The van der Waals surface area contributed by atoms with E-state index in [0.717, 1.165) is 12.1 Å². The number of hydrogen-bond donors (Lipinski definition) is 2. The second-order valence-electron chi connectivity index (χ2n) is 2.59. The molecule has 0 aliphatic heterocycles. The van der Waals surface area contributed by atoms with Crippen molar-refractivity contribution in [3.8, 4) is 0 Å². The SMILES string of the molecule is C=C(NC(N)=S)c1ccc(F)cc1F.CC. The van der Waals surface area contributed by atoms with Gasteiger partial charge in [0.2, 0.25) is 0 Å². The Balaban J connectivity index is 0.00000106. The normalized spacial score (nSPS) is 8.75. The summed E-state index contributed by atoms with van der Waals surface area (Å²) >= 11 is 4.55. The molecule has 0 aliphatic rings. The van der Waals surface area contributed by atoms with Gasteiger partial charge in [-0.2, -0.15) is 0 Å². The molecule has 0 aliphatic carbocycles. The molecule has 0 saturated carbocycles. The van der Waals surface area contributed by atoms with Gasteiger partial charge in [0.1, 0.15) is 11.6 Å². The van der Waals surface area contributed by atoms with E-state index in [2.05, 4.69) is 24.1 Å². The highest BCUT2D eigenvalue weighted by molar-refractivity contribution is 7.80. The summed E-state index contributed by atoms with van der Waals surface area (Å²) in [6, 6.07) is 3.16. The summed E-state index contributed by atoms with van der Waals surface area (Å²) in [7, 11) is 0. The molecule has 0 unspecified atom stereocenters. The Morgan fingerprint density at radius 3 is 2.38 bits per heavy atom. The van der Waals surface area contributed by atoms with Crippen LogP contribution in [0.1, 0.15) is 19.4 Å². The summed E-state index contributed by atoms with van der Waals surface area (Å²) in [6.07, 6.45) is 0. The predicted molar refractivity (Wildman–Crippen MR) is 66.7 cm³/mol. The number of halogens is 2. The van der Waals surface area contributed by atoms with Gasteiger partial charge in [0.25, 0.3) is 0 Å². The Labute approximate surface area is 99.2 Å². The number of benzene rings is 1. The van der Waals surface area contributed by atoms with Crippen molar-refractivity contribution in [1.82, 2.24) is 5.32 Å². The van der Waals surface area contributed by atoms with Gasteiger partial charge in [-0.15, -0.1) is 0 Å². The van der Waals surface area contributed by atoms with Crippen molar-refractivity contribution in [3.05, 3.63) is 42.0 Å². The first-order chi connectivity index (χ1) is 7.50. The summed E-state index contributed by atoms with van der Waals surface area (Å²) in [4.78, 5) is 0. The zero-order valence-corrected chi connectivity index (χ0v) is 10.00. The molecule has 16 heavy (non-hydrogen) atoms. The lowest BCUT2D eigenvalue weighted by molar-refractivity contribution is 0.580. The van der Waals surface area contributed by atoms with Crippen molar-refractivity contribution >= 4 is 23.0 Å². The molecule has 0 aromatic heterocycles. The molecule has 0 saturated heterocycles. The minimum absolute atomic E-state index is 0.0151. The van der Waals surface area contributed by atoms with E-state index in [1.807, 2.05) is 13.8 Å². The highest BCUT2D eigenvalue weighted by Crippen LogP contribution is 2.15. The number of hydrogen-bond acceptors (Lipinski definition) is 1. The maximum absolute atomic E-state index is 13.1. The van der Waals surface area contributed by atoms with Crippen LogP contribution in [0.15, 0.2) is 24.8 Å². The Bertz CT molecular complexity index is 392. The lowest BCUT2D eigenvalue weighted by Crippen LogP contribution is -2.27. The van der Waals surface area contributed by atoms with Crippen molar-refractivity contribution in [1.29, 1.82) is 0 Å². The van der Waals surface area contributed by atoms with E-state index < -0.39 is 11.6 Å². The lowest BCUT2D eigenvalue weighted by Gasteiger charge is -2.08. The molecule has 1 aromatic rings. The van der Waals surface area contributed by atoms with E-state index >= 15 is 0 Å². The Hall–Kier alpha value is -1.49. The Morgan fingerprint density at radius 1 is 1.38 bits per heavy atom. The average molecular weight is 244 g/mol. The van der Waals surface area contributed by atoms with Gasteiger partial charge in [0, 0.05) is 17.3 Å². The summed E-state index contributed by atoms with van der Waals surface area (Å²) in [5.74, 6) is -1.35. The van der Waals surface area contributed by atoms with E-state index in [4.69, 9.17) is 5.73 Å². The molecule has 0 radical (unpaired) electrons. The molecule has 0 fully saturated rings. The third kappa shape index (κ3) is 4.35. The topological polar surface area (TPSA) is 38.0 Å². The molecule has 0 spiro atoms. The summed E-state index contributed by atoms with van der Waals surface area (Å²) in [5.41, 5.74) is 5.52. The summed E-state index contributed by atoms with van der Waals surface area (Å²) in [5, 5.41) is 2.46. The third-order valence-corrected chi connectivity index (χ3v) is 1.63. The molecule has 5 heteroatoms. The van der Waals surface area contributed by atoms with E-state index in [0.29, 0.717) is 0 Å². The third-order valence-electron chi connectivity index (χ3n) is 1.53. The van der Waals surface area contributed by atoms with Crippen LogP contribution in [-0.4, -0.2) is 5.11 Å². The smallest absolute Gasteiger partial charge is 0.168 e. The van der Waals surface area contributed by atoms with Crippen LogP contribution >= 0.6 is 12.2 Å². The molecular weight excluding hydrogens is 230 g/mol. The molecule has 0 heterocycles. The van der Waals surface area contributed by atoms with Gasteiger partial charge in [-0.05, 0) is 24.4 Å². The maximum Gasteiger partial charge on any atom is 0.168 e. The molecule has 1 rings (SSSR count). The van der Waals surface area contributed by atoms with Crippen LogP contribution in [0.4, 0.5) is 8.78 Å². The van der Waals surface area contributed by atoms with Crippen LogP contribution < -0.4 is 11.1 Å². The fraction of sp³-hybridized carbons (Fsp3) is 0.182. The number of rotatable bonds is 2. The minimum Gasteiger partial charge on any atom is -0.376 e. The zero-order valence-electron chi connectivity index (χ0n) is 9.18. The van der Waals surface area contributed by atoms with Crippen LogP contribution in [0.25, 0.3) is 5.70 Å². The van der Waals surface area contributed by atoms with Crippen molar-refractivity contribution in [3.63, 3.8) is 0 Å². The molecule has 2 nitrogen and oxygen atoms in total. The van der Waals surface area contributed by atoms with Gasteiger partial charge in [-0.25, -0.2) is 8.78 Å². The van der Waals surface area contributed by atoms with E-state index in [-0.39, 0.29) is 16.4 Å². The van der Waals surface area contributed by atoms with Gasteiger partial charge < -0.3 is 11.1 Å². The minimum atomic E-state index is -0.709. The van der Waals surface area contributed by atoms with Crippen LogP contribution in [0, 0.1) is 11.6 Å². The standard InChI is InChI=1S/C9H8F2N2S.C2H6/c1-5(13-9(12)14)7-3-2-6(10)4-8(7)11;1-2/h2-4H,1H2,(H3,12,13,14);1-2H3. The average Bonchev–Trinajstić information content (AvgIpc) is 2.19. The van der Waals surface area contributed by atoms with Gasteiger partial charge in [-0.1, -0.05) is 20.4 Å². The van der Waals surface area contributed by atoms with Gasteiger partial charge in [0.05, 0.1) is 0 Å². The predicted octanol–water partition coefficient (Wildman–Crippen LogP) is 2.79. The van der Waals surface area contributed by atoms with Crippen LogP contribution in [0.2, 0.25) is 0 Å². The van der Waals surface area contributed by atoms with E-state index in [1.165, 1.54) is 6.07 Å². The largest absolute Gasteiger partial charge is 0.376 e. The molecule has 1 aromatic carbocycles.